The Hall–Kier alpha value is -0.813. The van der Waals surface area contributed by atoms with E-state index < -0.39 is 8.07 Å². The summed E-state index contributed by atoms with van der Waals surface area (Å²) in [5, 5.41) is 9.52. The molecule has 20 heavy (non-hydrogen) atoms. The fraction of sp³-hybridized carbons (Fsp3) is 0.722. The smallest absolute Gasteiger partial charge is 0.0946 e. The predicted molar refractivity (Wildman–Crippen MR) is 89.1 cm³/mol. The van der Waals surface area contributed by atoms with Crippen LogP contribution in [0, 0.1) is 17.2 Å². The van der Waals surface area contributed by atoms with Crippen LogP contribution < -0.4 is 0 Å². The molecule has 1 nitrogen and oxygen atoms in total. The van der Waals surface area contributed by atoms with Crippen molar-refractivity contribution >= 4 is 8.07 Å². The van der Waals surface area contributed by atoms with Crippen LogP contribution in [0.25, 0.3) is 0 Å². The van der Waals surface area contributed by atoms with Gasteiger partial charge in [0.15, 0.2) is 0 Å². The van der Waals surface area contributed by atoms with Crippen LogP contribution in [0.5, 0.6) is 0 Å². The molecule has 0 heterocycles. The van der Waals surface area contributed by atoms with Gasteiger partial charge in [-0.05, 0) is 57.3 Å². The molecule has 0 aromatic carbocycles. The minimum absolute atomic E-state index is 0.665. The molecule has 2 aliphatic carbocycles. The summed E-state index contributed by atoms with van der Waals surface area (Å²) in [4.78, 5) is 0. The summed E-state index contributed by atoms with van der Waals surface area (Å²) in [6, 6.07) is 2.54. The maximum atomic E-state index is 9.52. The summed E-state index contributed by atoms with van der Waals surface area (Å²) in [7, 11) is -1.14. The third kappa shape index (κ3) is 4.35. The lowest BCUT2D eigenvalue weighted by atomic mass is 9.80. The SMILES string of the molecule is C[Si](C)(C)/C=C1/CCCCC1CC(C#N)=C1CCCC1. The first-order chi connectivity index (χ1) is 9.49. The molecule has 0 aromatic heterocycles. The fourth-order valence-electron chi connectivity index (χ4n) is 3.71. The summed E-state index contributed by atoms with van der Waals surface area (Å²) in [5.41, 5.74) is 6.91. The minimum atomic E-state index is -1.14. The van der Waals surface area contributed by atoms with Gasteiger partial charge in [0, 0.05) is 5.57 Å². The summed E-state index contributed by atoms with van der Waals surface area (Å²) < 4.78 is 0. The van der Waals surface area contributed by atoms with Crippen LogP contribution >= 0.6 is 0 Å². The number of hydrogen-bond acceptors (Lipinski definition) is 1. The Kier molecular flexibility index (Phi) is 5.27. The van der Waals surface area contributed by atoms with Crippen LogP contribution in [0.3, 0.4) is 0 Å². The standard InChI is InChI=1S/C18H29NSi/c1-20(2,3)14-17-11-7-6-10-16(17)12-18(13-19)15-8-4-5-9-15/h14,16H,4-12H2,1-3H3/b17-14-. The third-order valence-corrected chi connectivity index (χ3v) is 5.87. The van der Waals surface area contributed by atoms with Gasteiger partial charge in [-0.3, -0.25) is 0 Å². The highest BCUT2D eigenvalue weighted by Crippen LogP contribution is 2.37. The van der Waals surface area contributed by atoms with E-state index in [0.717, 1.165) is 12.0 Å². The Bertz CT molecular complexity index is 437. The lowest BCUT2D eigenvalue weighted by Gasteiger charge is -2.28. The van der Waals surface area contributed by atoms with Gasteiger partial charge in [0.05, 0.1) is 14.1 Å². The number of nitrogens with zero attached hydrogens (tertiary/aromatic N) is 1. The van der Waals surface area contributed by atoms with Gasteiger partial charge in [-0.15, -0.1) is 0 Å². The first-order valence-corrected chi connectivity index (χ1v) is 11.9. The van der Waals surface area contributed by atoms with Crippen molar-refractivity contribution in [2.75, 3.05) is 0 Å². The van der Waals surface area contributed by atoms with E-state index in [1.807, 2.05) is 0 Å². The summed E-state index contributed by atoms with van der Waals surface area (Å²) in [5.74, 6) is 0.665. The summed E-state index contributed by atoms with van der Waals surface area (Å²) in [6.07, 6.45) is 11.3. The van der Waals surface area contributed by atoms with Gasteiger partial charge in [-0.2, -0.15) is 5.26 Å². The maximum Gasteiger partial charge on any atom is 0.0946 e. The first-order valence-electron chi connectivity index (χ1n) is 8.32. The molecule has 0 saturated heterocycles. The highest BCUT2D eigenvalue weighted by Gasteiger charge is 2.24. The largest absolute Gasteiger partial charge is 0.193 e. The van der Waals surface area contributed by atoms with Crippen molar-refractivity contribution in [2.45, 2.75) is 77.4 Å². The molecule has 2 rings (SSSR count). The van der Waals surface area contributed by atoms with Gasteiger partial charge >= 0.3 is 0 Å². The van der Waals surface area contributed by atoms with Gasteiger partial charge in [0.2, 0.25) is 0 Å². The molecule has 0 radical (unpaired) electrons. The molecular weight excluding hydrogens is 258 g/mol. The molecule has 0 amide bonds. The van der Waals surface area contributed by atoms with E-state index in [-0.39, 0.29) is 0 Å². The topological polar surface area (TPSA) is 23.8 Å². The maximum absolute atomic E-state index is 9.52. The first kappa shape index (κ1) is 15.6. The highest BCUT2D eigenvalue weighted by molar-refractivity contribution is 6.81. The zero-order chi connectivity index (χ0) is 14.6. The van der Waals surface area contributed by atoms with Gasteiger partial charge in [0.1, 0.15) is 0 Å². The van der Waals surface area contributed by atoms with Gasteiger partial charge in [-0.1, -0.05) is 42.9 Å². The molecule has 1 atom stereocenters. The van der Waals surface area contributed by atoms with Crippen LogP contribution in [0.15, 0.2) is 22.4 Å². The second-order valence-corrected chi connectivity index (χ2v) is 12.7. The Balaban J connectivity index is 2.15. The van der Waals surface area contributed by atoms with Crippen molar-refractivity contribution in [2.24, 2.45) is 5.92 Å². The zero-order valence-corrected chi connectivity index (χ0v) is 14.5. The number of rotatable bonds is 3. The molecule has 1 unspecified atom stereocenters. The normalized spacial score (nSPS) is 25.8. The van der Waals surface area contributed by atoms with Crippen molar-refractivity contribution in [3.05, 3.63) is 22.4 Å². The van der Waals surface area contributed by atoms with Gasteiger partial charge < -0.3 is 0 Å². The number of nitriles is 1. The number of hydrogen-bond donors (Lipinski definition) is 0. The molecule has 0 bridgehead atoms. The van der Waals surface area contributed by atoms with E-state index in [0.29, 0.717) is 5.92 Å². The van der Waals surface area contributed by atoms with E-state index in [1.54, 1.807) is 5.57 Å². The minimum Gasteiger partial charge on any atom is -0.193 e. The molecule has 0 spiro atoms. The molecule has 2 aliphatic rings. The molecule has 0 aliphatic heterocycles. The predicted octanol–water partition coefficient (Wildman–Crippen LogP) is 5.76. The van der Waals surface area contributed by atoms with Crippen molar-refractivity contribution in [3.8, 4) is 6.07 Å². The van der Waals surface area contributed by atoms with Crippen molar-refractivity contribution in [1.82, 2.24) is 0 Å². The third-order valence-electron chi connectivity index (χ3n) is 4.63. The van der Waals surface area contributed by atoms with E-state index in [9.17, 15) is 5.26 Å². The van der Waals surface area contributed by atoms with E-state index >= 15 is 0 Å². The molecule has 2 fully saturated rings. The zero-order valence-electron chi connectivity index (χ0n) is 13.5. The second kappa shape index (κ2) is 6.76. The van der Waals surface area contributed by atoms with Crippen molar-refractivity contribution < 1.29 is 0 Å². The van der Waals surface area contributed by atoms with Crippen LogP contribution in [0.1, 0.15) is 57.8 Å². The van der Waals surface area contributed by atoms with E-state index in [4.69, 9.17) is 0 Å². The van der Waals surface area contributed by atoms with Crippen LogP contribution in [-0.4, -0.2) is 8.07 Å². The lowest BCUT2D eigenvalue weighted by Crippen LogP contribution is -2.21. The molecule has 2 heteroatoms. The quantitative estimate of drug-likeness (QED) is 0.478. The summed E-state index contributed by atoms with van der Waals surface area (Å²) in [6.45, 7) is 7.27. The lowest BCUT2D eigenvalue weighted by molar-refractivity contribution is 0.452. The monoisotopic (exact) mass is 287 g/mol. The Labute approximate surface area is 125 Å². The fourth-order valence-corrected chi connectivity index (χ4v) is 5.20. The van der Waals surface area contributed by atoms with Crippen molar-refractivity contribution in [3.63, 3.8) is 0 Å². The molecule has 0 N–H and O–H groups in total. The van der Waals surface area contributed by atoms with Gasteiger partial charge in [0.25, 0.3) is 0 Å². The number of allylic oxidation sites excluding steroid dienone is 3. The highest BCUT2D eigenvalue weighted by atomic mass is 28.3. The van der Waals surface area contributed by atoms with Crippen LogP contribution in [0.4, 0.5) is 0 Å². The summed E-state index contributed by atoms with van der Waals surface area (Å²) >= 11 is 0. The molecule has 2 saturated carbocycles. The average Bonchev–Trinajstić information content (AvgIpc) is 2.89. The Morgan fingerprint density at radius 2 is 1.80 bits per heavy atom. The Morgan fingerprint density at radius 1 is 1.15 bits per heavy atom. The van der Waals surface area contributed by atoms with Crippen LogP contribution in [-0.2, 0) is 0 Å². The molecule has 0 aromatic rings. The molecule has 110 valence electrons. The van der Waals surface area contributed by atoms with Crippen LogP contribution in [0.2, 0.25) is 19.6 Å². The van der Waals surface area contributed by atoms with Crippen molar-refractivity contribution in [1.29, 1.82) is 5.26 Å². The van der Waals surface area contributed by atoms with Gasteiger partial charge in [-0.25, -0.2) is 0 Å². The Morgan fingerprint density at radius 3 is 2.40 bits per heavy atom. The average molecular weight is 288 g/mol. The van der Waals surface area contributed by atoms with E-state index in [1.165, 1.54) is 56.9 Å². The molecular formula is C18H29NSi. The second-order valence-electron chi connectivity index (χ2n) is 7.63. The van der Waals surface area contributed by atoms with E-state index in [2.05, 4.69) is 31.4 Å².